The van der Waals surface area contributed by atoms with E-state index in [9.17, 15) is 9.59 Å². The van der Waals surface area contributed by atoms with Crippen LogP contribution in [0.4, 0.5) is 0 Å². The Morgan fingerprint density at radius 2 is 1.88 bits per heavy atom. The van der Waals surface area contributed by atoms with Gasteiger partial charge in [0.05, 0.1) is 12.0 Å². The highest BCUT2D eigenvalue weighted by Crippen LogP contribution is 2.03. The lowest BCUT2D eigenvalue weighted by molar-refractivity contribution is -0.128. The molecule has 0 spiro atoms. The van der Waals surface area contributed by atoms with Crippen LogP contribution in [0, 0.1) is 5.92 Å². The predicted octanol–water partition coefficient (Wildman–Crippen LogP) is 1.40. The van der Waals surface area contributed by atoms with E-state index in [-0.39, 0.29) is 29.7 Å². The van der Waals surface area contributed by atoms with Crippen LogP contribution in [-0.4, -0.2) is 23.8 Å². The van der Waals surface area contributed by atoms with Crippen molar-refractivity contribution in [2.24, 2.45) is 11.7 Å². The number of amides is 1. The van der Waals surface area contributed by atoms with E-state index in [2.05, 4.69) is 5.32 Å². The van der Waals surface area contributed by atoms with Crippen LogP contribution in [0.3, 0.4) is 0 Å². The quantitative estimate of drug-likeness (QED) is 0.661. The van der Waals surface area contributed by atoms with Gasteiger partial charge in [0.2, 0.25) is 5.91 Å². The van der Waals surface area contributed by atoms with E-state index < -0.39 is 0 Å². The van der Waals surface area contributed by atoms with E-state index in [0.717, 1.165) is 6.42 Å². The van der Waals surface area contributed by atoms with Gasteiger partial charge in [0.1, 0.15) is 0 Å². The van der Waals surface area contributed by atoms with Gasteiger partial charge < -0.3 is 11.1 Å². The summed E-state index contributed by atoms with van der Waals surface area (Å²) in [7, 11) is 0. The number of nitrogens with one attached hydrogen (secondary N) is 1. The molecular formula is C13H24N2O2. The number of carbonyl (C=O) groups excluding carboxylic acids is 2. The van der Waals surface area contributed by atoms with Crippen LogP contribution >= 0.6 is 0 Å². The fourth-order valence-corrected chi connectivity index (χ4v) is 1.40. The first-order valence-electron chi connectivity index (χ1n) is 6.13. The maximum Gasteiger partial charge on any atom is 0.227 e. The van der Waals surface area contributed by atoms with Crippen LogP contribution in [0.25, 0.3) is 0 Å². The summed E-state index contributed by atoms with van der Waals surface area (Å²) in [6, 6.07) is -0.428. The van der Waals surface area contributed by atoms with Crippen LogP contribution in [0.5, 0.6) is 0 Å². The summed E-state index contributed by atoms with van der Waals surface area (Å²) in [5.74, 6) is -0.390. The Bertz CT molecular complexity index is 285. The molecule has 1 amide bonds. The molecule has 0 aromatic carbocycles. The predicted molar refractivity (Wildman–Crippen MR) is 69.5 cm³/mol. The number of ketones is 1. The topological polar surface area (TPSA) is 72.2 Å². The molecule has 4 heteroatoms. The third kappa shape index (κ3) is 6.89. The fourth-order valence-electron chi connectivity index (χ4n) is 1.40. The van der Waals surface area contributed by atoms with Gasteiger partial charge in [0, 0.05) is 6.04 Å². The van der Waals surface area contributed by atoms with Crippen LogP contribution in [0.1, 0.15) is 40.5 Å². The Morgan fingerprint density at radius 3 is 2.29 bits per heavy atom. The van der Waals surface area contributed by atoms with Crippen molar-refractivity contribution < 1.29 is 9.59 Å². The molecule has 0 fully saturated rings. The Kier molecular flexibility index (Phi) is 7.46. The van der Waals surface area contributed by atoms with Crippen molar-refractivity contribution in [3.05, 3.63) is 12.2 Å². The molecule has 17 heavy (non-hydrogen) atoms. The number of nitrogens with two attached hydrogens (primary N) is 1. The molecule has 0 aromatic rings. The minimum atomic E-state index is -0.362. The molecule has 0 bridgehead atoms. The van der Waals surface area contributed by atoms with Crippen LogP contribution < -0.4 is 11.1 Å². The van der Waals surface area contributed by atoms with Gasteiger partial charge in [0.25, 0.3) is 0 Å². The van der Waals surface area contributed by atoms with E-state index in [1.54, 1.807) is 19.1 Å². The summed E-state index contributed by atoms with van der Waals surface area (Å²) < 4.78 is 0. The van der Waals surface area contributed by atoms with E-state index in [1.807, 2.05) is 13.8 Å². The Hall–Kier alpha value is -1.16. The first-order valence-corrected chi connectivity index (χ1v) is 6.13. The van der Waals surface area contributed by atoms with Crippen LogP contribution in [0.15, 0.2) is 12.2 Å². The SMILES string of the molecule is CCCC(NC(=O)C(C)/C=C/[C@H](C)N)C(C)=O. The first-order chi connectivity index (χ1) is 7.88. The number of hydrogen-bond acceptors (Lipinski definition) is 3. The second-order valence-electron chi connectivity index (χ2n) is 4.49. The second kappa shape index (κ2) is 8.01. The zero-order chi connectivity index (χ0) is 13.4. The Morgan fingerprint density at radius 1 is 1.29 bits per heavy atom. The largest absolute Gasteiger partial charge is 0.346 e. The van der Waals surface area contributed by atoms with Gasteiger partial charge in [-0.15, -0.1) is 0 Å². The first kappa shape index (κ1) is 15.8. The van der Waals surface area contributed by atoms with Crippen LogP contribution in [-0.2, 0) is 9.59 Å². The van der Waals surface area contributed by atoms with Gasteiger partial charge in [-0.2, -0.15) is 0 Å². The number of rotatable bonds is 7. The summed E-state index contributed by atoms with van der Waals surface area (Å²) in [6.45, 7) is 7.12. The number of hydrogen-bond donors (Lipinski definition) is 2. The zero-order valence-electron chi connectivity index (χ0n) is 11.2. The van der Waals surface area contributed by atoms with E-state index >= 15 is 0 Å². The van der Waals surface area contributed by atoms with Crippen LogP contribution in [0.2, 0.25) is 0 Å². The summed E-state index contributed by atoms with van der Waals surface area (Å²) in [5, 5.41) is 2.76. The lowest BCUT2D eigenvalue weighted by Crippen LogP contribution is -2.41. The third-order valence-corrected chi connectivity index (χ3v) is 2.50. The minimum absolute atomic E-state index is 0.00331. The molecule has 0 saturated carbocycles. The molecule has 98 valence electrons. The summed E-state index contributed by atoms with van der Waals surface area (Å²) in [4.78, 5) is 23.1. The van der Waals surface area contributed by atoms with Crippen molar-refractivity contribution in [1.29, 1.82) is 0 Å². The van der Waals surface area contributed by atoms with Crippen molar-refractivity contribution in [2.75, 3.05) is 0 Å². The zero-order valence-corrected chi connectivity index (χ0v) is 11.2. The number of carbonyl (C=O) groups is 2. The Labute approximate surface area is 104 Å². The maximum atomic E-state index is 11.8. The molecule has 0 heterocycles. The van der Waals surface area contributed by atoms with Gasteiger partial charge in [-0.3, -0.25) is 9.59 Å². The highest BCUT2D eigenvalue weighted by molar-refractivity contribution is 5.88. The van der Waals surface area contributed by atoms with E-state index in [1.165, 1.54) is 6.92 Å². The smallest absolute Gasteiger partial charge is 0.227 e. The standard InChI is InChI=1S/C13H24N2O2/c1-5-6-12(11(4)16)15-13(17)9(2)7-8-10(3)14/h7-10,12H,5-6,14H2,1-4H3,(H,15,17)/b8-7+/t9?,10-,12?/m0/s1. The van der Waals surface area contributed by atoms with E-state index in [0.29, 0.717) is 6.42 Å². The number of Topliss-reactive ketones (excluding diaryl/α,β-unsaturated/α-hetero) is 1. The van der Waals surface area contributed by atoms with Gasteiger partial charge in [-0.25, -0.2) is 0 Å². The monoisotopic (exact) mass is 240 g/mol. The average molecular weight is 240 g/mol. The maximum absolute atomic E-state index is 11.8. The normalized spacial score (nSPS) is 16.5. The van der Waals surface area contributed by atoms with Crippen molar-refractivity contribution >= 4 is 11.7 Å². The molecule has 3 atom stereocenters. The minimum Gasteiger partial charge on any atom is -0.346 e. The van der Waals surface area contributed by atoms with Crippen molar-refractivity contribution in [1.82, 2.24) is 5.32 Å². The molecule has 3 N–H and O–H groups in total. The third-order valence-electron chi connectivity index (χ3n) is 2.50. The molecule has 0 aliphatic carbocycles. The van der Waals surface area contributed by atoms with Crippen molar-refractivity contribution in [2.45, 2.75) is 52.6 Å². The molecular weight excluding hydrogens is 216 g/mol. The molecule has 0 radical (unpaired) electrons. The fraction of sp³-hybridized carbons (Fsp3) is 0.692. The molecule has 0 aliphatic heterocycles. The Balaban J connectivity index is 4.35. The summed E-state index contributed by atoms with van der Waals surface area (Å²) in [5.41, 5.74) is 5.57. The molecule has 0 aromatic heterocycles. The van der Waals surface area contributed by atoms with Gasteiger partial charge in [-0.05, 0) is 20.3 Å². The van der Waals surface area contributed by atoms with Crippen molar-refractivity contribution in [3.63, 3.8) is 0 Å². The summed E-state index contributed by atoms with van der Waals surface area (Å²) in [6.07, 6.45) is 5.11. The van der Waals surface area contributed by atoms with E-state index in [4.69, 9.17) is 5.73 Å². The molecule has 4 nitrogen and oxygen atoms in total. The molecule has 0 aliphatic rings. The molecule has 0 saturated heterocycles. The van der Waals surface area contributed by atoms with Gasteiger partial charge >= 0.3 is 0 Å². The lowest BCUT2D eigenvalue weighted by Gasteiger charge is -2.17. The highest BCUT2D eigenvalue weighted by Gasteiger charge is 2.18. The molecule has 0 rings (SSSR count). The van der Waals surface area contributed by atoms with Crippen molar-refractivity contribution in [3.8, 4) is 0 Å². The summed E-state index contributed by atoms with van der Waals surface area (Å²) >= 11 is 0. The van der Waals surface area contributed by atoms with Gasteiger partial charge in [-0.1, -0.05) is 32.4 Å². The second-order valence-corrected chi connectivity index (χ2v) is 4.49. The average Bonchev–Trinajstić information content (AvgIpc) is 2.24. The lowest BCUT2D eigenvalue weighted by atomic mass is 10.1. The van der Waals surface area contributed by atoms with Gasteiger partial charge in [0.15, 0.2) is 5.78 Å². The highest BCUT2D eigenvalue weighted by atomic mass is 16.2. The molecule has 2 unspecified atom stereocenters.